The number of hydrogen-bond donors (Lipinski definition) is 2. The molecular formula is C20H18N8. The van der Waals surface area contributed by atoms with E-state index < -0.39 is 0 Å². The molecule has 1 aliphatic heterocycles. The van der Waals surface area contributed by atoms with Gasteiger partial charge in [0.1, 0.15) is 11.9 Å². The van der Waals surface area contributed by atoms with Crippen LogP contribution in [0.3, 0.4) is 0 Å². The van der Waals surface area contributed by atoms with E-state index in [1.165, 1.54) is 0 Å². The van der Waals surface area contributed by atoms with Gasteiger partial charge >= 0.3 is 0 Å². The van der Waals surface area contributed by atoms with E-state index in [-0.39, 0.29) is 0 Å². The van der Waals surface area contributed by atoms with Gasteiger partial charge in [-0.05, 0) is 18.2 Å². The fourth-order valence-corrected chi connectivity index (χ4v) is 3.62. The minimum Gasteiger partial charge on any atom is -0.354 e. The van der Waals surface area contributed by atoms with Crippen LogP contribution in [-0.4, -0.2) is 51.0 Å². The number of aromatic nitrogens is 5. The van der Waals surface area contributed by atoms with Crippen LogP contribution in [0.4, 0.5) is 5.82 Å². The number of anilines is 1. The maximum absolute atomic E-state index is 9.52. The standard InChI is InChI=1S/C20H18N8/c21-8-16-12-26-28-13-15(17-10-24-25-11-17)7-18(20(16)28)14-1-2-19(23-9-14)27-5-3-22-4-6-27/h1-2,7,9-13,22H,3-6H2,(H,24,25). The molecule has 0 aromatic carbocycles. The van der Waals surface area contributed by atoms with Crippen molar-refractivity contribution in [1.82, 2.24) is 30.1 Å². The van der Waals surface area contributed by atoms with Gasteiger partial charge in [0.2, 0.25) is 0 Å². The van der Waals surface area contributed by atoms with Crippen LogP contribution in [0.15, 0.2) is 49.2 Å². The van der Waals surface area contributed by atoms with Crippen molar-refractivity contribution >= 4 is 11.3 Å². The summed E-state index contributed by atoms with van der Waals surface area (Å²) in [5, 5.41) is 24.1. The van der Waals surface area contributed by atoms with Crippen LogP contribution >= 0.6 is 0 Å². The summed E-state index contributed by atoms with van der Waals surface area (Å²) in [6.45, 7) is 3.85. The maximum atomic E-state index is 9.52. The van der Waals surface area contributed by atoms with Gasteiger partial charge in [0.15, 0.2) is 0 Å². The first kappa shape index (κ1) is 16.5. The van der Waals surface area contributed by atoms with Gasteiger partial charge in [0.25, 0.3) is 0 Å². The average Bonchev–Trinajstić information content (AvgIpc) is 3.44. The molecule has 2 N–H and O–H groups in total. The smallest absolute Gasteiger partial charge is 0.128 e. The summed E-state index contributed by atoms with van der Waals surface area (Å²) in [5.74, 6) is 0.973. The molecule has 0 radical (unpaired) electrons. The highest BCUT2D eigenvalue weighted by atomic mass is 15.2. The van der Waals surface area contributed by atoms with Crippen LogP contribution in [-0.2, 0) is 0 Å². The van der Waals surface area contributed by atoms with E-state index in [2.05, 4.69) is 48.7 Å². The SMILES string of the molecule is N#Cc1cnn2cc(-c3cn[nH]c3)cc(-c3ccc(N4CCNCC4)nc3)c12. The Morgan fingerprint density at radius 2 is 1.93 bits per heavy atom. The summed E-state index contributed by atoms with van der Waals surface area (Å²) in [6.07, 6.45) is 8.99. The molecule has 0 atom stereocenters. The van der Waals surface area contributed by atoms with Crippen LogP contribution in [0.1, 0.15) is 5.56 Å². The number of nitrogens with zero attached hydrogens (tertiary/aromatic N) is 6. The molecule has 28 heavy (non-hydrogen) atoms. The van der Waals surface area contributed by atoms with E-state index in [4.69, 9.17) is 0 Å². The molecule has 138 valence electrons. The third-order valence-electron chi connectivity index (χ3n) is 5.06. The Kier molecular flexibility index (Phi) is 4.00. The van der Waals surface area contributed by atoms with E-state index in [0.717, 1.165) is 59.8 Å². The zero-order chi connectivity index (χ0) is 18.9. The first-order valence-electron chi connectivity index (χ1n) is 9.16. The second-order valence-electron chi connectivity index (χ2n) is 6.73. The van der Waals surface area contributed by atoms with E-state index in [1.807, 2.05) is 24.7 Å². The number of aromatic amines is 1. The van der Waals surface area contributed by atoms with Gasteiger partial charge in [-0.15, -0.1) is 0 Å². The Balaban J connectivity index is 1.62. The summed E-state index contributed by atoms with van der Waals surface area (Å²) in [7, 11) is 0. The topological polar surface area (TPSA) is 97.9 Å². The number of hydrogen-bond acceptors (Lipinski definition) is 6. The number of pyridine rings is 2. The van der Waals surface area contributed by atoms with Gasteiger partial charge < -0.3 is 10.2 Å². The Morgan fingerprint density at radius 1 is 1.04 bits per heavy atom. The molecular weight excluding hydrogens is 352 g/mol. The fraction of sp³-hybridized carbons (Fsp3) is 0.200. The number of piperazine rings is 1. The van der Waals surface area contributed by atoms with Crippen LogP contribution in [0.2, 0.25) is 0 Å². The van der Waals surface area contributed by atoms with E-state index in [9.17, 15) is 5.26 Å². The molecule has 1 fully saturated rings. The van der Waals surface area contributed by atoms with Crippen molar-refractivity contribution in [1.29, 1.82) is 5.26 Å². The lowest BCUT2D eigenvalue weighted by Gasteiger charge is -2.28. The minimum atomic E-state index is 0.542. The number of rotatable bonds is 3. The first-order valence-corrected chi connectivity index (χ1v) is 9.16. The van der Waals surface area contributed by atoms with Crippen molar-refractivity contribution < 1.29 is 0 Å². The molecule has 1 aliphatic rings. The third-order valence-corrected chi connectivity index (χ3v) is 5.06. The Hall–Kier alpha value is -3.70. The summed E-state index contributed by atoms with van der Waals surface area (Å²) in [5.41, 5.74) is 5.13. The highest BCUT2D eigenvalue weighted by Crippen LogP contribution is 2.32. The fourth-order valence-electron chi connectivity index (χ4n) is 3.62. The van der Waals surface area contributed by atoms with Crippen molar-refractivity contribution in [2.75, 3.05) is 31.1 Å². The van der Waals surface area contributed by atoms with Crippen molar-refractivity contribution in [3.8, 4) is 28.3 Å². The zero-order valence-corrected chi connectivity index (χ0v) is 15.1. The molecule has 1 saturated heterocycles. The van der Waals surface area contributed by atoms with E-state index in [0.29, 0.717) is 5.56 Å². The summed E-state index contributed by atoms with van der Waals surface area (Å²) in [4.78, 5) is 6.96. The lowest BCUT2D eigenvalue weighted by Crippen LogP contribution is -2.43. The second-order valence-corrected chi connectivity index (χ2v) is 6.73. The highest BCUT2D eigenvalue weighted by Gasteiger charge is 2.16. The Morgan fingerprint density at radius 3 is 2.64 bits per heavy atom. The third kappa shape index (κ3) is 2.78. The molecule has 4 aromatic rings. The molecule has 8 heteroatoms. The number of nitriles is 1. The normalized spacial score (nSPS) is 14.3. The van der Waals surface area contributed by atoms with Crippen molar-refractivity contribution in [2.45, 2.75) is 0 Å². The van der Waals surface area contributed by atoms with Crippen LogP contribution in [0.5, 0.6) is 0 Å². The molecule has 0 spiro atoms. The van der Waals surface area contributed by atoms with Crippen molar-refractivity contribution in [3.63, 3.8) is 0 Å². The summed E-state index contributed by atoms with van der Waals surface area (Å²) >= 11 is 0. The predicted molar refractivity (Wildman–Crippen MR) is 106 cm³/mol. The Labute approximate surface area is 161 Å². The second kappa shape index (κ2) is 6.79. The van der Waals surface area contributed by atoms with Gasteiger partial charge in [0, 0.05) is 67.0 Å². The number of nitrogens with one attached hydrogen (secondary N) is 2. The lowest BCUT2D eigenvalue weighted by molar-refractivity contribution is 0.585. The number of H-pyrrole nitrogens is 1. The summed E-state index contributed by atoms with van der Waals surface area (Å²) in [6, 6.07) is 8.41. The molecule has 0 amide bonds. The van der Waals surface area contributed by atoms with Crippen LogP contribution < -0.4 is 10.2 Å². The van der Waals surface area contributed by atoms with Gasteiger partial charge in [-0.25, -0.2) is 9.50 Å². The monoisotopic (exact) mass is 370 g/mol. The Bertz CT molecular complexity index is 1150. The largest absolute Gasteiger partial charge is 0.354 e. The molecule has 0 unspecified atom stereocenters. The van der Waals surface area contributed by atoms with Crippen LogP contribution in [0.25, 0.3) is 27.8 Å². The molecule has 4 aromatic heterocycles. The minimum absolute atomic E-state index is 0.542. The van der Waals surface area contributed by atoms with Crippen molar-refractivity contribution in [3.05, 3.63) is 54.7 Å². The quantitative estimate of drug-likeness (QED) is 0.573. The van der Waals surface area contributed by atoms with Gasteiger partial charge in [-0.2, -0.15) is 15.5 Å². The molecule has 0 saturated carbocycles. The maximum Gasteiger partial charge on any atom is 0.128 e. The van der Waals surface area contributed by atoms with Gasteiger partial charge in [-0.1, -0.05) is 0 Å². The molecule has 5 rings (SSSR count). The molecule has 5 heterocycles. The van der Waals surface area contributed by atoms with Crippen molar-refractivity contribution in [2.24, 2.45) is 0 Å². The first-order chi connectivity index (χ1) is 13.8. The zero-order valence-electron chi connectivity index (χ0n) is 15.1. The van der Waals surface area contributed by atoms with E-state index in [1.54, 1.807) is 16.9 Å². The summed E-state index contributed by atoms with van der Waals surface area (Å²) < 4.78 is 1.75. The van der Waals surface area contributed by atoms with E-state index >= 15 is 0 Å². The average molecular weight is 370 g/mol. The molecule has 0 aliphatic carbocycles. The van der Waals surface area contributed by atoms with Gasteiger partial charge in [0.05, 0.1) is 23.5 Å². The lowest BCUT2D eigenvalue weighted by atomic mass is 10.0. The highest BCUT2D eigenvalue weighted by molar-refractivity contribution is 5.87. The van der Waals surface area contributed by atoms with Gasteiger partial charge in [-0.3, -0.25) is 5.10 Å². The van der Waals surface area contributed by atoms with Crippen LogP contribution in [0, 0.1) is 11.3 Å². The molecule has 8 nitrogen and oxygen atoms in total. The predicted octanol–water partition coefficient (Wildman–Crippen LogP) is 2.07. The molecule has 0 bridgehead atoms. The number of fused-ring (bicyclic) bond motifs is 1.